The lowest BCUT2D eigenvalue weighted by molar-refractivity contribution is -0.148. The SMILES string of the molecule is CN(C)[C@@H]1C(O)=C(C(N)=O)C(=O)C2(O)C(O)=C3C(=O)c4c(O)ccc(C(=O)C(=O)N5CCOCC5)c4C[C@H]3C[C@@H]12. The summed E-state index contributed by atoms with van der Waals surface area (Å²) >= 11 is 0. The summed E-state index contributed by atoms with van der Waals surface area (Å²) in [5, 5.41) is 44.4. The molecule has 1 aliphatic heterocycles. The topological polar surface area (TPSA) is 208 Å². The van der Waals surface area contributed by atoms with E-state index >= 15 is 0 Å². The molecule has 2 amide bonds. The maximum absolute atomic E-state index is 13.8. The summed E-state index contributed by atoms with van der Waals surface area (Å²) in [4.78, 5) is 68.2. The Kier molecular flexibility index (Phi) is 6.56. The van der Waals surface area contributed by atoms with E-state index in [2.05, 4.69) is 0 Å². The first-order valence-corrected chi connectivity index (χ1v) is 12.7. The molecule has 0 spiro atoms. The van der Waals surface area contributed by atoms with E-state index in [-0.39, 0.29) is 61.4 Å². The second-order valence-corrected chi connectivity index (χ2v) is 10.7. The van der Waals surface area contributed by atoms with Crippen molar-refractivity contribution in [2.45, 2.75) is 24.5 Å². The van der Waals surface area contributed by atoms with Crippen LogP contribution < -0.4 is 5.73 Å². The predicted octanol–water partition coefficient (Wildman–Crippen LogP) is -0.838. The second kappa shape index (κ2) is 9.54. The number of aromatic hydroxyl groups is 1. The van der Waals surface area contributed by atoms with Crippen LogP contribution in [0.25, 0.3) is 0 Å². The van der Waals surface area contributed by atoms with Gasteiger partial charge in [0.2, 0.25) is 5.78 Å². The van der Waals surface area contributed by atoms with Gasteiger partial charge < -0.3 is 35.8 Å². The number of Topliss-reactive ketones (excluding diaryl/α,β-unsaturated/α-hetero) is 3. The van der Waals surface area contributed by atoms with E-state index in [0.29, 0.717) is 0 Å². The number of hydrogen-bond acceptors (Lipinski definition) is 11. The summed E-state index contributed by atoms with van der Waals surface area (Å²) < 4.78 is 5.23. The number of ether oxygens (including phenoxy) is 1. The van der Waals surface area contributed by atoms with Gasteiger partial charge in [-0.3, -0.25) is 28.9 Å². The molecule has 5 rings (SSSR count). The molecule has 1 heterocycles. The maximum atomic E-state index is 13.8. The Bertz CT molecular complexity index is 1440. The van der Waals surface area contributed by atoms with Crippen molar-refractivity contribution in [1.29, 1.82) is 0 Å². The van der Waals surface area contributed by atoms with Crippen LogP contribution in [-0.4, -0.2) is 111 Å². The highest BCUT2D eigenvalue weighted by Crippen LogP contribution is 2.52. The van der Waals surface area contributed by atoms with Gasteiger partial charge in [-0.1, -0.05) is 0 Å². The summed E-state index contributed by atoms with van der Waals surface area (Å²) in [5.41, 5.74) is 1.00. The highest BCUT2D eigenvalue weighted by molar-refractivity contribution is 6.43. The quantitative estimate of drug-likeness (QED) is 0.176. The molecule has 4 atom stereocenters. The molecular weight excluding hydrogens is 526 g/mol. The lowest BCUT2D eigenvalue weighted by Crippen LogP contribution is -2.63. The first-order chi connectivity index (χ1) is 18.8. The summed E-state index contributed by atoms with van der Waals surface area (Å²) in [6.07, 6.45) is -0.229. The molecule has 0 radical (unpaired) electrons. The molecule has 1 saturated heterocycles. The third-order valence-corrected chi connectivity index (χ3v) is 8.34. The number of phenols is 1. The number of likely N-dealkylation sites (N-methyl/N-ethyl adjacent to an activating group) is 1. The number of fused-ring (bicyclic) bond motifs is 3. The highest BCUT2D eigenvalue weighted by Gasteiger charge is 2.63. The number of hydrogen-bond donors (Lipinski definition) is 5. The Balaban J connectivity index is 1.64. The molecule has 40 heavy (non-hydrogen) atoms. The molecule has 212 valence electrons. The second-order valence-electron chi connectivity index (χ2n) is 10.7. The van der Waals surface area contributed by atoms with Gasteiger partial charge in [-0.15, -0.1) is 0 Å². The monoisotopic (exact) mass is 555 g/mol. The minimum absolute atomic E-state index is 0.0837. The van der Waals surface area contributed by atoms with Crippen LogP contribution in [0.5, 0.6) is 5.75 Å². The number of morpholine rings is 1. The molecule has 1 unspecified atom stereocenters. The third kappa shape index (κ3) is 3.76. The zero-order chi connectivity index (χ0) is 29.3. The fraction of sp³-hybridized carbons (Fsp3) is 0.444. The van der Waals surface area contributed by atoms with Crippen LogP contribution in [0.3, 0.4) is 0 Å². The molecule has 3 aliphatic carbocycles. The van der Waals surface area contributed by atoms with Gasteiger partial charge >= 0.3 is 0 Å². The summed E-state index contributed by atoms with van der Waals surface area (Å²) in [7, 11) is 3.05. The van der Waals surface area contributed by atoms with Crippen LogP contribution in [0.15, 0.2) is 34.8 Å². The number of aliphatic hydroxyl groups excluding tert-OH is 2. The number of allylic oxidation sites excluding steroid dienone is 1. The summed E-state index contributed by atoms with van der Waals surface area (Å²) in [6, 6.07) is 1.21. The molecule has 1 fully saturated rings. The van der Waals surface area contributed by atoms with Crippen molar-refractivity contribution in [1.82, 2.24) is 9.80 Å². The number of carbonyl (C=O) groups is 5. The normalized spacial score (nSPS) is 28.3. The van der Waals surface area contributed by atoms with Gasteiger partial charge in [0, 0.05) is 30.1 Å². The molecule has 4 aliphatic rings. The van der Waals surface area contributed by atoms with Crippen molar-refractivity contribution >= 4 is 29.2 Å². The molecule has 0 aromatic heterocycles. The lowest BCUT2D eigenvalue weighted by atomic mass is 9.58. The molecule has 0 bridgehead atoms. The number of nitrogens with zero attached hydrogens (tertiary/aromatic N) is 2. The minimum atomic E-state index is -2.76. The maximum Gasteiger partial charge on any atom is 0.295 e. The Morgan fingerprint density at radius 2 is 1.75 bits per heavy atom. The van der Waals surface area contributed by atoms with Crippen molar-refractivity contribution < 1.29 is 49.1 Å². The fourth-order valence-corrected chi connectivity index (χ4v) is 6.49. The standard InChI is InChI=1S/C27H29N3O10/c1-29(2)19-14-10-11-9-13-12(20(32)26(38)30-5-7-40-8-6-30)3-4-15(31)17(13)21(33)16(11)23(35)27(14,39)24(36)18(22(19)34)25(28)37/h3-4,11,14,19,31,34-35,39H,5-10H2,1-2H3,(H2,28,37)/t11-,14-,19-,27?/m0/s1. The van der Waals surface area contributed by atoms with Gasteiger partial charge in [0.15, 0.2) is 11.4 Å². The van der Waals surface area contributed by atoms with E-state index in [9.17, 15) is 44.4 Å². The van der Waals surface area contributed by atoms with Crippen LogP contribution in [-0.2, 0) is 25.5 Å². The van der Waals surface area contributed by atoms with Gasteiger partial charge in [-0.05, 0) is 50.6 Å². The number of amides is 2. The van der Waals surface area contributed by atoms with Gasteiger partial charge in [0.05, 0.1) is 24.8 Å². The number of carbonyl (C=O) groups excluding carboxylic acids is 5. The van der Waals surface area contributed by atoms with Gasteiger partial charge in [0.1, 0.15) is 22.8 Å². The number of benzene rings is 1. The third-order valence-electron chi connectivity index (χ3n) is 8.34. The van der Waals surface area contributed by atoms with E-state index in [1.165, 1.54) is 30.0 Å². The highest BCUT2D eigenvalue weighted by atomic mass is 16.5. The van der Waals surface area contributed by atoms with Crippen molar-refractivity contribution in [3.05, 3.63) is 51.5 Å². The first-order valence-electron chi connectivity index (χ1n) is 12.7. The molecule has 6 N–H and O–H groups in total. The number of primary amides is 1. The van der Waals surface area contributed by atoms with E-state index in [4.69, 9.17) is 10.5 Å². The molecule has 0 saturated carbocycles. The fourth-order valence-electron chi connectivity index (χ4n) is 6.49. The smallest absolute Gasteiger partial charge is 0.295 e. The number of nitrogens with two attached hydrogens (primary N) is 1. The predicted molar refractivity (Wildman–Crippen MR) is 135 cm³/mol. The van der Waals surface area contributed by atoms with E-state index in [1.807, 2.05) is 0 Å². The molecule has 13 nitrogen and oxygen atoms in total. The number of phenolic OH excluding ortho intramolecular Hbond substituents is 1. The van der Waals surface area contributed by atoms with Crippen LogP contribution in [0.4, 0.5) is 0 Å². The van der Waals surface area contributed by atoms with E-state index in [0.717, 1.165) is 6.07 Å². The molecule has 1 aromatic carbocycles. The number of aliphatic hydroxyl groups is 3. The van der Waals surface area contributed by atoms with Crippen molar-refractivity contribution in [2.24, 2.45) is 17.6 Å². The average Bonchev–Trinajstić information content (AvgIpc) is 2.90. The van der Waals surface area contributed by atoms with E-state index in [1.54, 1.807) is 0 Å². The largest absolute Gasteiger partial charge is 0.510 e. The Morgan fingerprint density at radius 1 is 1.10 bits per heavy atom. The Labute approximate surface area is 228 Å². The van der Waals surface area contributed by atoms with Crippen LogP contribution in [0.2, 0.25) is 0 Å². The average molecular weight is 556 g/mol. The first kappa shape index (κ1) is 27.5. The Morgan fingerprint density at radius 3 is 2.35 bits per heavy atom. The van der Waals surface area contributed by atoms with Crippen molar-refractivity contribution in [3.63, 3.8) is 0 Å². The molecular formula is C27H29N3O10. The summed E-state index contributed by atoms with van der Waals surface area (Å²) in [6.45, 7) is 0.986. The van der Waals surface area contributed by atoms with Gasteiger partial charge in [0.25, 0.3) is 17.6 Å². The van der Waals surface area contributed by atoms with Crippen LogP contribution in [0, 0.1) is 11.8 Å². The zero-order valence-electron chi connectivity index (χ0n) is 21.8. The zero-order valence-corrected chi connectivity index (χ0v) is 21.8. The Hall–Kier alpha value is -4.07. The van der Waals surface area contributed by atoms with Crippen molar-refractivity contribution in [2.75, 3.05) is 40.4 Å². The number of ketones is 3. The molecule has 1 aromatic rings. The van der Waals surface area contributed by atoms with Crippen LogP contribution >= 0.6 is 0 Å². The van der Waals surface area contributed by atoms with Gasteiger partial charge in [-0.2, -0.15) is 0 Å². The number of rotatable bonds is 4. The van der Waals surface area contributed by atoms with Crippen LogP contribution in [0.1, 0.15) is 32.7 Å². The van der Waals surface area contributed by atoms with Gasteiger partial charge in [-0.25, -0.2) is 0 Å². The van der Waals surface area contributed by atoms with Crippen molar-refractivity contribution in [3.8, 4) is 5.75 Å². The molecule has 13 heteroatoms. The summed E-state index contributed by atoms with van der Waals surface area (Å²) in [5.74, 6) is -9.52. The lowest BCUT2D eigenvalue weighted by Gasteiger charge is -2.50. The minimum Gasteiger partial charge on any atom is -0.510 e. The van der Waals surface area contributed by atoms with E-state index < -0.39 is 75.5 Å².